The van der Waals surface area contributed by atoms with E-state index in [0.717, 1.165) is 61.7 Å². The molecule has 0 saturated carbocycles. The fourth-order valence-electron chi connectivity index (χ4n) is 4.61. The Hall–Kier alpha value is -3.28. The fourth-order valence-corrected chi connectivity index (χ4v) is 4.61. The number of likely N-dealkylation sites (N-methyl/N-ethyl adjacent to an activating group) is 1. The summed E-state index contributed by atoms with van der Waals surface area (Å²) in [7, 11) is 2.15. The number of hydrogen-bond donors (Lipinski definition) is 0. The van der Waals surface area contributed by atoms with Crippen molar-refractivity contribution in [3.05, 3.63) is 95.9 Å². The molecule has 5 rings (SSSR count). The zero-order chi connectivity index (χ0) is 23.5. The minimum atomic E-state index is -0.225. The van der Waals surface area contributed by atoms with E-state index in [-0.39, 0.29) is 5.82 Å². The van der Waals surface area contributed by atoms with E-state index in [2.05, 4.69) is 72.3 Å². The Balaban J connectivity index is 1.49. The van der Waals surface area contributed by atoms with Crippen LogP contribution in [0.4, 0.5) is 4.39 Å². The van der Waals surface area contributed by atoms with Crippen LogP contribution in [0.2, 0.25) is 0 Å². The molecule has 0 bridgehead atoms. The van der Waals surface area contributed by atoms with Crippen molar-refractivity contribution in [2.45, 2.75) is 19.9 Å². The first-order chi connectivity index (χ1) is 16.6. The van der Waals surface area contributed by atoms with Gasteiger partial charge in [-0.3, -0.25) is 4.90 Å². The normalized spacial score (nSPS) is 15.0. The third-order valence-electron chi connectivity index (χ3n) is 6.77. The van der Waals surface area contributed by atoms with Gasteiger partial charge in [0.15, 0.2) is 0 Å². The van der Waals surface area contributed by atoms with Gasteiger partial charge in [0.1, 0.15) is 5.82 Å². The average molecular weight is 455 g/mol. The Labute approximate surface area is 201 Å². The molecule has 1 fully saturated rings. The van der Waals surface area contributed by atoms with Crippen LogP contribution < -0.4 is 0 Å². The topological polar surface area (TPSA) is 24.3 Å². The number of benzene rings is 3. The van der Waals surface area contributed by atoms with Crippen molar-refractivity contribution in [1.29, 1.82) is 0 Å². The highest BCUT2D eigenvalue weighted by Crippen LogP contribution is 2.31. The van der Waals surface area contributed by atoms with Gasteiger partial charge in [0.2, 0.25) is 0 Å². The van der Waals surface area contributed by atoms with Gasteiger partial charge in [-0.05, 0) is 54.4 Å². The summed E-state index contributed by atoms with van der Waals surface area (Å²) in [5, 5.41) is 4.72. The molecule has 5 heteroatoms. The highest BCUT2D eigenvalue weighted by molar-refractivity contribution is 5.68. The SMILES string of the molecule is CCc1ccc(-c2ccc(-n3ncc(CN4CCN(C)CC4)c3-c3ccccc3F)cc2)cc1. The van der Waals surface area contributed by atoms with Crippen LogP contribution >= 0.6 is 0 Å². The summed E-state index contributed by atoms with van der Waals surface area (Å²) in [5.41, 5.74) is 7.07. The number of aromatic nitrogens is 2. The second-order valence-electron chi connectivity index (χ2n) is 9.09. The maximum absolute atomic E-state index is 14.9. The summed E-state index contributed by atoms with van der Waals surface area (Å²) >= 11 is 0. The highest BCUT2D eigenvalue weighted by atomic mass is 19.1. The van der Waals surface area contributed by atoms with Gasteiger partial charge in [0.25, 0.3) is 0 Å². The Bertz CT molecular complexity index is 1240. The number of aryl methyl sites for hydroxylation is 1. The smallest absolute Gasteiger partial charge is 0.132 e. The number of piperazine rings is 1. The molecule has 0 spiro atoms. The lowest BCUT2D eigenvalue weighted by atomic mass is 10.0. The molecule has 1 aliphatic heterocycles. The Morgan fingerprint density at radius 3 is 2.12 bits per heavy atom. The Kier molecular flexibility index (Phi) is 6.57. The maximum atomic E-state index is 14.9. The van der Waals surface area contributed by atoms with Crippen molar-refractivity contribution in [2.75, 3.05) is 33.2 Å². The van der Waals surface area contributed by atoms with E-state index >= 15 is 0 Å². The van der Waals surface area contributed by atoms with Crippen molar-refractivity contribution >= 4 is 0 Å². The fraction of sp³-hybridized carbons (Fsp3) is 0.276. The average Bonchev–Trinajstić information content (AvgIpc) is 3.29. The van der Waals surface area contributed by atoms with Gasteiger partial charge >= 0.3 is 0 Å². The molecule has 0 aliphatic carbocycles. The van der Waals surface area contributed by atoms with Gasteiger partial charge in [-0.2, -0.15) is 5.10 Å². The number of halogens is 1. The molecule has 1 saturated heterocycles. The maximum Gasteiger partial charge on any atom is 0.132 e. The van der Waals surface area contributed by atoms with Gasteiger partial charge in [0.05, 0.1) is 17.6 Å². The quantitative estimate of drug-likeness (QED) is 0.376. The molecule has 2 heterocycles. The van der Waals surface area contributed by atoms with Crippen molar-refractivity contribution in [1.82, 2.24) is 19.6 Å². The van der Waals surface area contributed by atoms with Crippen LogP contribution in [0.1, 0.15) is 18.1 Å². The van der Waals surface area contributed by atoms with E-state index < -0.39 is 0 Å². The molecule has 1 aliphatic rings. The van der Waals surface area contributed by atoms with Crippen molar-refractivity contribution in [3.63, 3.8) is 0 Å². The van der Waals surface area contributed by atoms with Gasteiger partial charge < -0.3 is 4.90 Å². The van der Waals surface area contributed by atoms with E-state index in [4.69, 9.17) is 5.10 Å². The summed E-state index contributed by atoms with van der Waals surface area (Å²) in [4.78, 5) is 4.77. The molecule has 3 aromatic carbocycles. The molecular formula is C29H31FN4. The summed E-state index contributed by atoms with van der Waals surface area (Å²) in [6.07, 6.45) is 2.94. The first kappa shape index (κ1) is 22.5. The van der Waals surface area contributed by atoms with Crippen LogP contribution in [0.5, 0.6) is 0 Å². The third kappa shape index (κ3) is 4.67. The molecule has 0 radical (unpaired) electrons. The van der Waals surface area contributed by atoms with Crippen molar-refractivity contribution in [3.8, 4) is 28.1 Å². The van der Waals surface area contributed by atoms with Crippen molar-refractivity contribution < 1.29 is 4.39 Å². The molecule has 174 valence electrons. The van der Waals surface area contributed by atoms with E-state index in [1.807, 2.05) is 23.0 Å². The largest absolute Gasteiger partial charge is 0.304 e. The molecule has 0 atom stereocenters. The third-order valence-corrected chi connectivity index (χ3v) is 6.77. The lowest BCUT2D eigenvalue weighted by molar-refractivity contribution is 0.148. The van der Waals surface area contributed by atoms with Crippen LogP contribution in [0.25, 0.3) is 28.1 Å². The van der Waals surface area contributed by atoms with E-state index in [1.165, 1.54) is 17.2 Å². The van der Waals surface area contributed by atoms with Gasteiger partial charge in [0, 0.05) is 43.9 Å². The minimum absolute atomic E-state index is 0.225. The van der Waals surface area contributed by atoms with E-state index in [1.54, 1.807) is 6.07 Å². The predicted molar refractivity (Wildman–Crippen MR) is 137 cm³/mol. The minimum Gasteiger partial charge on any atom is -0.304 e. The van der Waals surface area contributed by atoms with Gasteiger partial charge in [-0.25, -0.2) is 9.07 Å². The lowest BCUT2D eigenvalue weighted by Crippen LogP contribution is -2.43. The van der Waals surface area contributed by atoms with Crippen LogP contribution in [0.3, 0.4) is 0 Å². The zero-order valence-electron chi connectivity index (χ0n) is 19.9. The highest BCUT2D eigenvalue weighted by Gasteiger charge is 2.21. The standard InChI is InChI=1S/C29H31FN4/c1-3-22-8-10-23(11-9-22)24-12-14-26(15-13-24)34-29(27-6-4-5-7-28(27)30)25(20-31-34)21-33-18-16-32(2)17-19-33/h4-15,20H,3,16-19,21H2,1-2H3. The molecule has 34 heavy (non-hydrogen) atoms. The summed E-state index contributed by atoms with van der Waals surface area (Å²) < 4.78 is 16.8. The summed E-state index contributed by atoms with van der Waals surface area (Å²) in [5.74, 6) is -0.225. The van der Waals surface area contributed by atoms with Crippen LogP contribution in [0.15, 0.2) is 79.0 Å². The first-order valence-corrected chi connectivity index (χ1v) is 12.0. The molecular weight excluding hydrogens is 423 g/mol. The second kappa shape index (κ2) is 9.92. The Morgan fingerprint density at radius 1 is 0.824 bits per heavy atom. The lowest BCUT2D eigenvalue weighted by Gasteiger charge is -2.32. The van der Waals surface area contributed by atoms with Crippen LogP contribution in [-0.2, 0) is 13.0 Å². The van der Waals surface area contributed by atoms with Gasteiger partial charge in [-0.15, -0.1) is 0 Å². The van der Waals surface area contributed by atoms with Gasteiger partial charge in [-0.1, -0.05) is 55.5 Å². The number of nitrogens with zero attached hydrogens (tertiary/aromatic N) is 4. The molecule has 0 amide bonds. The summed E-state index contributed by atoms with van der Waals surface area (Å²) in [6, 6.07) is 24.1. The number of rotatable bonds is 6. The second-order valence-corrected chi connectivity index (χ2v) is 9.09. The van der Waals surface area contributed by atoms with E-state index in [0.29, 0.717) is 5.56 Å². The van der Waals surface area contributed by atoms with Crippen LogP contribution in [0, 0.1) is 5.82 Å². The molecule has 0 unspecified atom stereocenters. The molecule has 0 N–H and O–H groups in total. The molecule has 4 nitrogen and oxygen atoms in total. The first-order valence-electron chi connectivity index (χ1n) is 12.0. The number of hydrogen-bond acceptors (Lipinski definition) is 3. The zero-order valence-corrected chi connectivity index (χ0v) is 19.9. The summed E-state index contributed by atoms with van der Waals surface area (Å²) in [6.45, 7) is 7.03. The Morgan fingerprint density at radius 2 is 1.47 bits per heavy atom. The molecule has 4 aromatic rings. The monoisotopic (exact) mass is 454 g/mol. The molecule has 1 aromatic heterocycles. The predicted octanol–water partition coefficient (Wildman–Crippen LogP) is 5.66. The van der Waals surface area contributed by atoms with Crippen molar-refractivity contribution in [2.24, 2.45) is 0 Å². The van der Waals surface area contributed by atoms with E-state index in [9.17, 15) is 4.39 Å². The van der Waals surface area contributed by atoms with Crippen LogP contribution in [-0.4, -0.2) is 52.8 Å².